The van der Waals surface area contributed by atoms with Gasteiger partial charge < -0.3 is 11.1 Å². The average molecular weight is 454 g/mol. The third-order valence-corrected chi connectivity index (χ3v) is 5.29. The summed E-state index contributed by atoms with van der Waals surface area (Å²) >= 11 is 1.58. The predicted molar refractivity (Wildman–Crippen MR) is 130 cm³/mol. The topological polar surface area (TPSA) is 75.3 Å². The van der Waals surface area contributed by atoms with Crippen molar-refractivity contribution in [3.63, 3.8) is 0 Å². The van der Waals surface area contributed by atoms with Crippen LogP contribution in [0.2, 0.25) is 0 Å². The van der Waals surface area contributed by atoms with E-state index >= 15 is 0 Å². The van der Waals surface area contributed by atoms with Crippen molar-refractivity contribution in [3.8, 4) is 11.1 Å². The molecule has 3 rings (SSSR count). The Hall–Kier alpha value is -3.23. The molecule has 0 unspecified atom stereocenters. The van der Waals surface area contributed by atoms with Gasteiger partial charge in [0.2, 0.25) is 0 Å². The molecular formula is C24H25F2N5S. The lowest BCUT2D eigenvalue weighted by atomic mass is 9.99. The Morgan fingerprint density at radius 1 is 1.19 bits per heavy atom. The highest BCUT2D eigenvalue weighted by atomic mass is 32.2. The minimum absolute atomic E-state index is 0.182. The van der Waals surface area contributed by atoms with Gasteiger partial charge in [-0.15, -0.1) is 0 Å². The molecular weight excluding hydrogens is 428 g/mol. The summed E-state index contributed by atoms with van der Waals surface area (Å²) in [5, 5.41) is 3.35. The molecule has 5 nitrogen and oxygen atoms in total. The Kier molecular flexibility index (Phi) is 8.77. The number of anilines is 1. The van der Waals surface area contributed by atoms with E-state index in [0.717, 1.165) is 29.1 Å². The zero-order valence-electron chi connectivity index (χ0n) is 17.7. The lowest BCUT2D eigenvalue weighted by molar-refractivity contribution is 0.603. The third kappa shape index (κ3) is 6.63. The number of pyridine rings is 1. The first kappa shape index (κ1) is 23.4. The Morgan fingerprint density at radius 3 is 2.84 bits per heavy atom. The van der Waals surface area contributed by atoms with Crippen LogP contribution in [0.15, 0.2) is 72.0 Å². The molecule has 0 amide bonds. The molecule has 0 fully saturated rings. The summed E-state index contributed by atoms with van der Waals surface area (Å²) in [4.78, 5) is 8.43. The van der Waals surface area contributed by atoms with E-state index in [9.17, 15) is 8.78 Å². The number of halogens is 2. The number of aliphatic imine (C=N–C) groups is 1. The van der Waals surface area contributed by atoms with Gasteiger partial charge >= 0.3 is 0 Å². The maximum Gasteiger partial charge on any atom is 0.131 e. The second kappa shape index (κ2) is 12.0. The number of nitrogens with one attached hydrogen (secondary N) is 2. The van der Waals surface area contributed by atoms with E-state index < -0.39 is 11.6 Å². The van der Waals surface area contributed by atoms with Gasteiger partial charge in [-0.2, -0.15) is 0 Å². The second-order valence-electron chi connectivity index (χ2n) is 6.84. The summed E-state index contributed by atoms with van der Waals surface area (Å²) in [7, 11) is 1.87. The van der Waals surface area contributed by atoms with Gasteiger partial charge in [-0.05, 0) is 60.6 Å². The van der Waals surface area contributed by atoms with E-state index in [4.69, 9.17) is 5.73 Å². The van der Waals surface area contributed by atoms with Gasteiger partial charge in [0.1, 0.15) is 11.6 Å². The molecule has 2 aromatic carbocycles. The van der Waals surface area contributed by atoms with E-state index in [1.54, 1.807) is 48.8 Å². The molecule has 8 heteroatoms. The van der Waals surface area contributed by atoms with Gasteiger partial charge in [0.25, 0.3) is 0 Å². The number of aromatic nitrogens is 1. The zero-order valence-corrected chi connectivity index (χ0v) is 18.5. The summed E-state index contributed by atoms with van der Waals surface area (Å²) in [6.07, 6.45) is 6.80. The van der Waals surface area contributed by atoms with Gasteiger partial charge in [-0.25, -0.2) is 8.78 Å². The van der Waals surface area contributed by atoms with Crippen LogP contribution in [-0.4, -0.2) is 30.5 Å². The lowest BCUT2D eigenvalue weighted by Gasteiger charge is -2.15. The average Bonchev–Trinajstić information content (AvgIpc) is 2.82. The third-order valence-electron chi connectivity index (χ3n) is 4.59. The van der Waals surface area contributed by atoms with Crippen LogP contribution in [-0.2, 0) is 6.54 Å². The van der Waals surface area contributed by atoms with Gasteiger partial charge in [0, 0.05) is 53.4 Å². The van der Waals surface area contributed by atoms with E-state index in [-0.39, 0.29) is 5.56 Å². The summed E-state index contributed by atoms with van der Waals surface area (Å²) < 4.78 is 31.1. The molecule has 32 heavy (non-hydrogen) atoms. The normalized spacial score (nSPS) is 11.8. The van der Waals surface area contributed by atoms with Crippen molar-refractivity contribution in [2.24, 2.45) is 10.7 Å². The fourth-order valence-electron chi connectivity index (χ4n) is 3.03. The fourth-order valence-corrected chi connectivity index (χ4v) is 3.44. The lowest BCUT2D eigenvalue weighted by Crippen LogP contribution is -2.10. The minimum atomic E-state index is -0.500. The Bertz CT molecular complexity index is 1090. The van der Waals surface area contributed by atoms with Crippen LogP contribution in [0.5, 0.6) is 0 Å². The summed E-state index contributed by atoms with van der Waals surface area (Å²) in [5.74, 6) is -0.156. The van der Waals surface area contributed by atoms with Crippen molar-refractivity contribution in [2.75, 3.05) is 24.7 Å². The van der Waals surface area contributed by atoms with Crippen LogP contribution in [0.3, 0.4) is 0 Å². The molecule has 1 aromatic heterocycles. The molecule has 0 atom stereocenters. The first-order chi connectivity index (χ1) is 15.6. The van der Waals surface area contributed by atoms with Crippen molar-refractivity contribution in [1.29, 1.82) is 0 Å². The van der Waals surface area contributed by atoms with Gasteiger partial charge in [-0.3, -0.25) is 14.7 Å². The van der Waals surface area contributed by atoms with Gasteiger partial charge in [0.15, 0.2) is 0 Å². The van der Waals surface area contributed by atoms with Crippen LogP contribution >= 0.6 is 11.9 Å². The van der Waals surface area contributed by atoms with Crippen LogP contribution in [0, 0.1) is 11.6 Å². The van der Waals surface area contributed by atoms with Crippen LogP contribution in [0.1, 0.15) is 11.1 Å². The highest BCUT2D eigenvalue weighted by Crippen LogP contribution is 2.30. The van der Waals surface area contributed by atoms with Gasteiger partial charge in [-0.1, -0.05) is 24.1 Å². The highest BCUT2D eigenvalue weighted by Gasteiger charge is 2.11. The first-order valence-electron chi connectivity index (χ1n) is 10.0. The number of hydrogen-bond acceptors (Lipinski definition) is 6. The molecule has 0 aliphatic heterocycles. The number of nitrogens with two attached hydrogens (primary N) is 1. The summed E-state index contributed by atoms with van der Waals surface area (Å²) in [6, 6.07) is 12.5. The number of benzene rings is 2. The van der Waals surface area contributed by atoms with Crippen molar-refractivity contribution in [2.45, 2.75) is 6.54 Å². The second-order valence-corrected chi connectivity index (χ2v) is 7.94. The molecule has 0 radical (unpaired) electrons. The molecule has 0 saturated heterocycles. The van der Waals surface area contributed by atoms with Crippen molar-refractivity contribution in [1.82, 2.24) is 9.71 Å². The number of nitrogens with zero attached hydrogens (tertiary/aromatic N) is 2. The van der Waals surface area contributed by atoms with Crippen molar-refractivity contribution < 1.29 is 8.78 Å². The molecule has 0 bridgehead atoms. The molecule has 0 spiro atoms. The summed E-state index contributed by atoms with van der Waals surface area (Å²) in [5.41, 5.74) is 10.0. The number of hydrogen-bond donors (Lipinski definition) is 3. The first-order valence-corrected chi connectivity index (χ1v) is 11.0. The molecule has 166 valence electrons. The van der Waals surface area contributed by atoms with Crippen LogP contribution < -0.4 is 15.8 Å². The Morgan fingerprint density at radius 2 is 2.06 bits per heavy atom. The SMILES string of the molecule is CNSCCNc1ccc(-c2cc(F)ccc2F)cc1/C(N)=C/C=NCc1cccnc1. The smallest absolute Gasteiger partial charge is 0.131 e. The predicted octanol–water partition coefficient (Wildman–Crippen LogP) is 4.88. The van der Waals surface area contributed by atoms with E-state index in [0.29, 0.717) is 29.9 Å². The highest BCUT2D eigenvalue weighted by molar-refractivity contribution is 7.97. The fraction of sp³-hybridized carbons (Fsp3) is 0.167. The summed E-state index contributed by atoms with van der Waals surface area (Å²) in [6.45, 7) is 1.19. The van der Waals surface area contributed by atoms with Crippen LogP contribution in [0.4, 0.5) is 14.5 Å². The minimum Gasteiger partial charge on any atom is -0.398 e. The quantitative estimate of drug-likeness (QED) is 0.232. The van der Waals surface area contributed by atoms with Crippen LogP contribution in [0.25, 0.3) is 16.8 Å². The van der Waals surface area contributed by atoms with Crippen molar-refractivity contribution >= 4 is 29.5 Å². The molecule has 0 saturated carbocycles. The number of rotatable bonds is 10. The maximum atomic E-state index is 14.3. The number of allylic oxidation sites excluding steroid dienone is 1. The van der Waals surface area contributed by atoms with Gasteiger partial charge in [0.05, 0.1) is 6.54 Å². The van der Waals surface area contributed by atoms with E-state index in [2.05, 4.69) is 20.0 Å². The molecule has 1 heterocycles. The maximum absolute atomic E-state index is 14.3. The van der Waals surface area contributed by atoms with E-state index in [1.165, 1.54) is 6.07 Å². The molecule has 4 N–H and O–H groups in total. The Balaban J connectivity index is 1.87. The molecule has 0 aliphatic rings. The van der Waals surface area contributed by atoms with Crippen molar-refractivity contribution in [3.05, 3.63) is 89.8 Å². The zero-order chi connectivity index (χ0) is 22.8. The monoisotopic (exact) mass is 453 g/mol. The molecule has 0 aliphatic carbocycles. The standard InChI is InChI=1S/C24H25F2N5S/c1-28-32-12-11-31-24-7-4-18(20-14-19(25)5-6-22(20)26)13-21(24)23(27)8-10-30-16-17-3-2-9-29-15-17/h2-10,13-15,28,31H,11-12,16,27H2,1H3/b23-8-,30-10?. The molecule has 3 aromatic rings. The Labute approximate surface area is 191 Å². The largest absolute Gasteiger partial charge is 0.398 e. The van der Waals surface area contributed by atoms with E-state index in [1.807, 2.05) is 25.2 Å².